The standard InChI is InChI=1S/C9H5ClN2O2S/c10-6-1-3-7(4-2-6)14-9(13)8-5-11-15-12-8/h1-5H. The summed E-state index contributed by atoms with van der Waals surface area (Å²) in [4.78, 5) is 11.4. The Kier molecular flexibility index (Phi) is 2.94. The molecule has 15 heavy (non-hydrogen) atoms. The van der Waals surface area contributed by atoms with Gasteiger partial charge in [0.25, 0.3) is 0 Å². The highest BCUT2D eigenvalue weighted by Gasteiger charge is 2.10. The SMILES string of the molecule is O=C(Oc1ccc(Cl)cc1)c1cnsn1. The molecule has 0 saturated carbocycles. The summed E-state index contributed by atoms with van der Waals surface area (Å²) < 4.78 is 12.5. The van der Waals surface area contributed by atoms with E-state index in [4.69, 9.17) is 16.3 Å². The molecule has 0 amide bonds. The number of hydrogen-bond acceptors (Lipinski definition) is 5. The molecule has 0 radical (unpaired) electrons. The number of esters is 1. The van der Waals surface area contributed by atoms with E-state index in [1.165, 1.54) is 6.20 Å². The second-order valence-corrected chi connectivity index (χ2v) is 3.63. The van der Waals surface area contributed by atoms with Crippen LogP contribution in [-0.4, -0.2) is 14.7 Å². The van der Waals surface area contributed by atoms with Crippen LogP contribution in [0.15, 0.2) is 30.5 Å². The van der Waals surface area contributed by atoms with Crippen LogP contribution in [0, 0.1) is 0 Å². The number of hydrogen-bond donors (Lipinski definition) is 0. The Morgan fingerprint density at radius 2 is 2.07 bits per heavy atom. The first-order chi connectivity index (χ1) is 7.25. The van der Waals surface area contributed by atoms with Gasteiger partial charge in [0.15, 0.2) is 5.69 Å². The second kappa shape index (κ2) is 4.37. The van der Waals surface area contributed by atoms with E-state index in [2.05, 4.69) is 8.75 Å². The molecule has 0 unspecified atom stereocenters. The van der Waals surface area contributed by atoms with Gasteiger partial charge in [0.1, 0.15) is 5.75 Å². The van der Waals surface area contributed by atoms with Crippen molar-refractivity contribution in [2.24, 2.45) is 0 Å². The van der Waals surface area contributed by atoms with Crippen molar-refractivity contribution in [3.05, 3.63) is 41.2 Å². The normalized spacial score (nSPS) is 9.93. The molecular formula is C9H5ClN2O2S. The molecule has 0 aliphatic rings. The highest BCUT2D eigenvalue weighted by Crippen LogP contribution is 2.16. The molecule has 0 spiro atoms. The van der Waals surface area contributed by atoms with E-state index in [-0.39, 0.29) is 5.69 Å². The summed E-state index contributed by atoms with van der Waals surface area (Å²) in [5.74, 6) is -0.0940. The molecule has 1 heterocycles. The maximum atomic E-state index is 11.4. The second-order valence-electron chi connectivity index (χ2n) is 2.64. The molecule has 6 heteroatoms. The van der Waals surface area contributed by atoms with E-state index in [1.54, 1.807) is 24.3 Å². The number of nitrogens with zero attached hydrogens (tertiary/aromatic N) is 2. The molecule has 1 aromatic heterocycles. The fourth-order valence-corrected chi connectivity index (χ4v) is 1.45. The summed E-state index contributed by atoms with van der Waals surface area (Å²) in [6.07, 6.45) is 1.36. The number of halogens is 1. The maximum absolute atomic E-state index is 11.4. The van der Waals surface area contributed by atoms with Crippen molar-refractivity contribution in [2.45, 2.75) is 0 Å². The summed E-state index contributed by atoms with van der Waals surface area (Å²) in [7, 11) is 0. The minimum absolute atomic E-state index is 0.204. The van der Waals surface area contributed by atoms with E-state index < -0.39 is 5.97 Å². The zero-order valence-corrected chi connectivity index (χ0v) is 8.96. The molecule has 0 aliphatic carbocycles. The van der Waals surface area contributed by atoms with Gasteiger partial charge in [-0.15, -0.1) is 0 Å². The molecule has 1 aromatic carbocycles. The number of ether oxygens (including phenoxy) is 1. The van der Waals surface area contributed by atoms with Crippen molar-refractivity contribution in [1.82, 2.24) is 8.75 Å². The van der Waals surface area contributed by atoms with Gasteiger partial charge in [-0.3, -0.25) is 0 Å². The van der Waals surface area contributed by atoms with E-state index in [9.17, 15) is 4.79 Å². The molecule has 2 rings (SSSR count). The number of rotatable bonds is 2. The van der Waals surface area contributed by atoms with Gasteiger partial charge in [0, 0.05) is 5.02 Å². The molecule has 0 aliphatic heterocycles. The van der Waals surface area contributed by atoms with Crippen LogP contribution in [0.4, 0.5) is 0 Å². The monoisotopic (exact) mass is 240 g/mol. The lowest BCUT2D eigenvalue weighted by Crippen LogP contribution is -2.08. The minimum Gasteiger partial charge on any atom is -0.422 e. The quantitative estimate of drug-likeness (QED) is 0.598. The Labute approximate surface area is 94.8 Å². The Bertz CT molecular complexity index is 455. The zero-order valence-electron chi connectivity index (χ0n) is 7.38. The van der Waals surface area contributed by atoms with Crippen LogP contribution in [-0.2, 0) is 0 Å². The fraction of sp³-hybridized carbons (Fsp3) is 0. The Hall–Kier alpha value is -1.46. The first kappa shape index (κ1) is 10.1. The third-order valence-electron chi connectivity index (χ3n) is 1.59. The Morgan fingerprint density at radius 3 is 2.67 bits per heavy atom. The average molecular weight is 241 g/mol. The molecule has 0 fully saturated rings. The van der Waals surface area contributed by atoms with Crippen molar-refractivity contribution in [1.29, 1.82) is 0 Å². The molecular weight excluding hydrogens is 236 g/mol. The zero-order chi connectivity index (χ0) is 10.7. The lowest BCUT2D eigenvalue weighted by Gasteiger charge is -2.00. The van der Waals surface area contributed by atoms with E-state index in [1.807, 2.05) is 0 Å². The van der Waals surface area contributed by atoms with Gasteiger partial charge in [-0.2, -0.15) is 8.75 Å². The van der Waals surface area contributed by atoms with E-state index in [0.717, 1.165) is 11.7 Å². The largest absolute Gasteiger partial charge is 0.422 e. The van der Waals surface area contributed by atoms with Gasteiger partial charge in [-0.1, -0.05) is 11.6 Å². The summed E-state index contributed by atoms with van der Waals surface area (Å²) in [5, 5.41) is 0.588. The van der Waals surface area contributed by atoms with Crippen molar-refractivity contribution < 1.29 is 9.53 Å². The van der Waals surface area contributed by atoms with Gasteiger partial charge >= 0.3 is 5.97 Å². The van der Waals surface area contributed by atoms with Crippen LogP contribution in [0.25, 0.3) is 0 Å². The van der Waals surface area contributed by atoms with Gasteiger partial charge in [0.2, 0.25) is 0 Å². The van der Waals surface area contributed by atoms with Crippen molar-refractivity contribution in [2.75, 3.05) is 0 Å². The minimum atomic E-state index is -0.522. The van der Waals surface area contributed by atoms with Crippen LogP contribution in [0.2, 0.25) is 5.02 Å². The summed E-state index contributed by atoms with van der Waals surface area (Å²) in [5.41, 5.74) is 0.204. The predicted octanol–water partition coefficient (Wildman–Crippen LogP) is 2.41. The van der Waals surface area contributed by atoms with Gasteiger partial charge in [0.05, 0.1) is 17.9 Å². The Morgan fingerprint density at radius 1 is 1.33 bits per heavy atom. The van der Waals surface area contributed by atoms with Crippen LogP contribution >= 0.6 is 23.3 Å². The van der Waals surface area contributed by atoms with Crippen LogP contribution in [0.1, 0.15) is 10.5 Å². The van der Waals surface area contributed by atoms with Crippen molar-refractivity contribution in [3.63, 3.8) is 0 Å². The van der Waals surface area contributed by atoms with Crippen LogP contribution < -0.4 is 4.74 Å². The first-order valence-corrected chi connectivity index (χ1v) is 5.12. The summed E-state index contributed by atoms with van der Waals surface area (Å²) in [6.45, 7) is 0. The Balaban J connectivity index is 2.09. The molecule has 76 valence electrons. The van der Waals surface area contributed by atoms with Crippen LogP contribution in [0.3, 0.4) is 0 Å². The third-order valence-corrected chi connectivity index (χ3v) is 2.32. The highest BCUT2D eigenvalue weighted by molar-refractivity contribution is 6.99. The number of carbonyl (C=O) groups excluding carboxylic acids is 1. The summed E-state index contributed by atoms with van der Waals surface area (Å²) >= 11 is 6.65. The molecule has 0 atom stereocenters. The number of aromatic nitrogens is 2. The first-order valence-electron chi connectivity index (χ1n) is 4.01. The molecule has 0 saturated heterocycles. The van der Waals surface area contributed by atoms with Crippen molar-refractivity contribution in [3.8, 4) is 5.75 Å². The average Bonchev–Trinajstić information content (AvgIpc) is 2.74. The predicted molar refractivity (Wildman–Crippen MR) is 56.3 cm³/mol. The lowest BCUT2D eigenvalue weighted by molar-refractivity contribution is 0.0729. The lowest BCUT2D eigenvalue weighted by atomic mass is 10.3. The molecule has 0 bridgehead atoms. The highest BCUT2D eigenvalue weighted by atomic mass is 35.5. The van der Waals surface area contributed by atoms with Gasteiger partial charge in [-0.25, -0.2) is 4.79 Å². The van der Waals surface area contributed by atoms with Gasteiger partial charge < -0.3 is 4.74 Å². The van der Waals surface area contributed by atoms with E-state index in [0.29, 0.717) is 10.8 Å². The number of benzene rings is 1. The fourth-order valence-electron chi connectivity index (χ4n) is 0.917. The molecule has 2 aromatic rings. The van der Waals surface area contributed by atoms with Crippen molar-refractivity contribution >= 4 is 29.3 Å². The van der Waals surface area contributed by atoms with E-state index >= 15 is 0 Å². The topological polar surface area (TPSA) is 52.1 Å². The number of carbonyl (C=O) groups is 1. The molecule has 4 nitrogen and oxygen atoms in total. The van der Waals surface area contributed by atoms with Gasteiger partial charge in [-0.05, 0) is 24.3 Å². The molecule has 0 N–H and O–H groups in total. The summed E-state index contributed by atoms with van der Waals surface area (Å²) in [6, 6.07) is 6.51. The maximum Gasteiger partial charge on any atom is 0.365 e. The smallest absolute Gasteiger partial charge is 0.365 e. The third kappa shape index (κ3) is 2.51. The van der Waals surface area contributed by atoms with Crippen LogP contribution in [0.5, 0.6) is 5.75 Å².